The summed E-state index contributed by atoms with van der Waals surface area (Å²) in [6.07, 6.45) is 0. The molecule has 0 aromatic heterocycles. The molecule has 240 valence electrons. The Morgan fingerprint density at radius 1 is 0.327 bits per heavy atom. The monoisotopic (exact) mass is 657 g/mol. The zero-order valence-corrected chi connectivity index (χ0v) is 28.3. The molecule has 0 fully saturated rings. The Kier molecular flexibility index (Phi) is 5.49. The maximum absolute atomic E-state index is 2.44. The third-order valence-electron chi connectivity index (χ3n) is 12.0. The Hall–Kier alpha value is -6.70. The maximum Gasteiger partial charge on any atom is 0.0726 e. The minimum Gasteiger partial charge on any atom is -0.310 e. The van der Waals surface area contributed by atoms with E-state index in [1.807, 2.05) is 0 Å². The quantitative estimate of drug-likeness (QED) is 0.134. The summed E-state index contributed by atoms with van der Waals surface area (Å²) >= 11 is 0. The number of hydrogen-bond donors (Lipinski definition) is 0. The van der Waals surface area contributed by atoms with Crippen molar-refractivity contribution in [3.8, 4) is 22.3 Å². The van der Waals surface area contributed by atoms with Gasteiger partial charge in [0.05, 0.1) is 5.41 Å². The molecule has 1 spiro atoms. The lowest BCUT2D eigenvalue weighted by atomic mass is 9.70. The molecule has 1 heteroatoms. The van der Waals surface area contributed by atoms with Crippen LogP contribution in [-0.2, 0) is 5.41 Å². The number of benzene rings is 10. The standard InChI is InChI=1S/C51H31N/c1-3-15-35(16-4-1)52(36-17-5-2-6-18-36)37-19-9-14-34(31-37)38-21-11-25-43-48(38)41-20-7-8-24-42(41)51(43)44-26-12-23-40-39-22-10-13-32-27-28-33-29-30-45(51)50(49(40)44)47(33)46(32)39/h1-31H. The van der Waals surface area contributed by atoms with Crippen molar-refractivity contribution >= 4 is 60.2 Å². The first-order valence-electron chi connectivity index (χ1n) is 18.2. The minimum absolute atomic E-state index is 0.418. The molecule has 0 saturated carbocycles. The fourth-order valence-electron chi connectivity index (χ4n) is 10.1. The number of rotatable bonds is 4. The second-order valence-corrected chi connectivity index (χ2v) is 14.4. The molecule has 0 radical (unpaired) electrons. The van der Waals surface area contributed by atoms with Crippen LogP contribution >= 0.6 is 0 Å². The highest BCUT2D eigenvalue weighted by Crippen LogP contribution is 2.65. The summed E-state index contributed by atoms with van der Waals surface area (Å²) < 4.78 is 0. The zero-order valence-electron chi connectivity index (χ0n) is 28.3. The van der Waals surface area contributed by atoms with E-state index in [2.05, 4.69) is 193 Å². The molecule has 12 rings (SSSR count). The van der Waals surface area contributed by atoms with Crippen LogP contribution in [0.15, 0.2) is 188 Å². The first kappa shape index (κ1) is 28.0. The van der Waals surface area contributed by atoms with Gasteiger partial charge in [0.15, 0.2) is 0 Å². The van der Waals surface area contributed by atoms with Gasteiger partial charge in [-0.3, -0.25) is 0 Å². The van der Waals surface area contributed by atoms with Crippen molar-refractivity contribution in [2.24, 2.45) is 0 Å². The van der Waals surface area contributed by atoms with Crippen LogP contribution in [0.25, 0.3) is 65.3 Å². The van der Waals surface area contributed by atoms with Gasteiger partial charge in [0, 0.05) is 17.1 Å². The molecule has 2 aliphatic rings. The lowest BCUT2D eigenvalue weighted by Gasteiger charge is -2.31. The highest BCUT2D eigenvalue weighted by Gasteiger charge is 2.51. The van der Waals surface area contributed by atoms with Crippen molar-refractivity contribution < 1.29 is 0 Å². The summed E-state index contributed by atoms with van der Waals surface area (Å²) in [7, 11) is 0. The third-order valence-corrected chi connectivity index (χ3v) is 12.0. The second kappa shape index (κ2) is 10.2. The molecule has 0 bridgehead atoms. The van der Waals surface area contributed by atoms with E-state index in [4.69, 9.17) is 0 Å². The molecule has 1 unspecified atom stereocenters. The largest absolute Gasteiger partial charge is 0.310 e. The van der Waals surface area contributed by atoms with Crippen LogP contribution in [0.3, 0.4) is 0 Å². The van der Waals surface area contributed by atoms with Crippen LogP contribution in [0.5, 0.6) is 0 Å². The van der Waals surface area contributed by atoms with Gasteiger partial charge >= 0.3 is 0 Å². The zero-order chi connectivity index (χ0) is 34.0. The first-order chi connectivity index (χ1) is 25.8. The maximum atomic E-state index is 2.44. The highest BCUT2D eigenvalue weighted by molar-refractivity contribution is 6.36. The third kappa shape index (κ3) is 3.43. The second-order valence-electron chi connectivity index (χ2n) is 14.4. The average molecular weight is 658 g/mol. The topological polar surface area (TPSA) is 3.24 Å². The van der Waals surface area contributed by atoms with E-state index >= 15 is 0 Å². The highest BCUT2D eigenvalue weighted by atomic mass is 15.1. The van der Waals surface area contributed by atoms with Crippen LogP contribution < -0.4 is 4.90 Å². The molecule has 0 N–H and O–H groups in total. The summed E-state index contributed by atoms with van der Waals surface area (Å²) in [5.74, 6) is 0. The van der Waals surface area contributed by atoms with E-state index in [0.717, 1.165) is 17.1 Å². The Labute approximate surface area is 302 Å². The van der Waals surface area contributed by atoms with Gasteiger partial charge in [0.25, 0.3) is 0 Å². The van der Waals surface area contributed by atoms with Gasteiger partial charge in [0.2, 0.25) is 0 Å². The van der Waals surface area contributed by atoms with Gasteiger partial charge in [-0.1, -0.05) is 152 Å². The summed E-state index contributed by atoms with van der Waals surface area (Å²) in [4.78, 5) is 2.35. The normalized spacial score (nSPS) is 15.4. The van der Waals surface area contributed by atoms with Crippen molar-refractivity contribution in [1.29, 1.82) is 0 Å². The van der Waals surface area contributed by atoms with Crippen LogP contribution in [0.4, 0.5) is 17.1 Å². The van der Waals surface area contributed by atoms with Crippen LogP contribution in [-0.4, -0.2) is 0 Å². The Morgan fingerprint density at radius 2 is 0.885 bits per heavy atom. The number of nitrogens with zero attached hydrogens (tertiary/aromatic N) is 1. The average Bonchev–Trinajstić information content (AvgIpc) is 3.69. The number of hydrogen-bond acceptors (Lipinski definition) is 1. The molecular formula is C51H31N. The molecule has 52 heavy (non-hydrogen) atoms. The molecule has 2 aliphatic carbocycles. The van der Waals surface area contributed by atoms with E-state index in [-0.39, 0.29) is 0 Å². The van der Waals surface area contributed by atoms with Gasteiger partial charge in [-0.2, -0.15) is 0 Å². The van der Waals surface area contributed by atoms with Crippen LogP contribution in [0.2, 0.25) is 0 Å². The van der Waals surface area contributed by atoms with Crippen LogP contribution in [0, 0.1) is 0 Å². The predicted octanol–water partition coefficient (Wildman–Crippen LogP) is 13.6. The Morgan fingerprint density at radius 3 is 1.69 bits per heavy atom. The van der Waals surface area contributed by atoms with Gasteiger partial charge in [-0.05, 0) is 124 Å². The number of fused-ring (bicyclic) bond motifs is 8. The van der Waals surface area contributed by atoms with Gasteiger partial charge in [-0.25, -0.2) is 0 Å². The van der Waals surface area contributed by atoms with Crippen molar-refractivity contribution in [3.63, 3.8) is 0 Å². The number of para-hydroxylation sites is 2. The lowest BCUT2D eigenvalue weighted by molar-refractivity contribution is 0.797. The van der Waals surface area contributed by atoms with E-state index in [9.17, 15) is 0 Å². The van der Waals surface area contributed by atoms with Crippen LogP contribution in [0.1, 0.15) is 22.3 Å². The fraction of sp³-hybridized carbons (Fsp3) is 0.0196. The van der Waals surface area contributed by atoms with Crippen molar-refractivity contribution in [1.82, 2.24) is 0 Å². The van der Waals surface area contributed by atoms with Crippen molar-refractivity contribution in [2.45, 2.75) is 5.41 Å². The lowest BCUT2D eigenvalue weighted by Crippen LogP contribution is -2.26. The molecule has 0 amide bonds. The molecule has 10 aromatic carbocycles. The minimum atomic E-state index is -0.418. The van der Waals surface area contributed by atoms with Gasteiger partial charge in [-0.15, -0.1) is 0 Å². The molecule has 1 nitrogen and oxygen atoms in total. The van der Waals surface area contributed by atoms with Crippen molar-refractivity contribution in [2.75, 3.05) is 4.90 Å². The van der Waals surface area contributed by atoms with E-state index in [1.165, 1.54) is 87.6 Å². The van der Waals surface area contributed by atoms with E-state index < -0.39 is 5.41 Å². The van der Waals surface area contributed by atoms with E-state index in [0.29, 0.717) is 0 Å². The SMILES string of the molecule is c1ccc(N(c2ccccc2)c2cccc(-c3cccc4c3-c3ccccc3C43c4cccc5c6cccc7ccc8ccc3c(c45)c8c76)c2)cc1. The molecule has 10 aromatic rings. The van der Waals surface area contributed by atoms with Crippen molar-refractivity contribution in [3.05, 3.63) is 210 Å². The predicted molar refractivity (Wildman–Crippen MR) is 219 cm³/mol. The Balaban J connectivity index is 1.15. The summed E-state index contributed by atoms with van der Waals surface area (Å²) in [6.45, 7) is 0. The molecule has 0 aliphatic heterocycles. The van der Waals surface area contributed by atoms with Gasteiger partial charge in [0.1, 0.15) is 0 Å². The molecule has 0 saturated heterocycles. The summed E-state index contributed by atoms with van der Waals surface area (Å²) in [6, 6.07) is 70.0. The number of anilines is 3. The molecule has 0 heterocycles. The van der Waals surface area contributed by atoms with E-state index in [1.54, 1.807) is 0 Å². The Bertz CT molecular complexity index is 3030. The molecule has 1 atom stereocenters. The summed E-state index contributed by atoms with van der Waals surface area (Å²) in [5, 5.41) is 10.9. The first-order valence-corrected chi connectivity index (χ1v) is 18.2. The fourth-order valence-corrected chi connectivity index (χ4v) is 10.1. The summed E-state index contributed by atoms with van der Waals surface area (Å²) in [5.41, 5.74) is 13.7. The molecular weight excluding hydrogens is 627 g/mol. The smallest absolute Gasteiger partial charge is 0.0726 e. The van der Waals surface area contributed by atoms with Gasteiger partial charge < -0.3 is 4.90 Å².